The molecule has 106 valence electrons. The average Bonchev–Trinajstić information content (AvgIpc) is 2.79. The van der Waals surface area contributed by atoms with Crippen molar-refractivity contribution in [1.82, 2.24) is 14.8 Å². The van der Waals surface area contributed by atoms with Crippen LogP contribution in [0.5, 0.6) is 0 Å². The number of rotatable bonds is 4. The molecule has 2 aromatic rings. The van der Waals surface area contributed by atoms with Gasteiger partial charge in [-0.15, -0.1) is 10.2 Å². The Morgan fingerprint density at radius 2 is 2.10 bits per heavy atom. The van der Waals surface area contributed by atoms with Gasteiger partial charge in [-0.3, -0.25) is 4.79 Å². The van der Waals surface area contributed by atoms with Crippen molar-refractivity contribution in [2.24, 2.45) is 7.05 Å². The van der Waals surface area contributed by atoms with Gasteiger partial charge in [-0.05, 0) is 44.0 Å². The maximum absolute atomic E-state index is 12.2. The minimum atomic E-state index is -0.237. The van der Waals surface area contributed by atoms with Gasteiger partial charge in [0, 0.05) is 12.7 Å². The molecule has 0 aliphatic rings. The van der Waals surface area contributed by atoms with Crippen LogP contribution in [0.25, 0.3) is 0 Å². The van der Waals surface area contributed by atoms with Crippen LogP contribution in [0.3, 0.4) is 0 Å². The summed E-state index contributed by atoms with van der Waals surface area (Å²) in [7, 11) is 1.86. The number of carbonyl (C=O) groups is 1. The maximum Gasteiger partial charge on any atom is 0.237 e. The predicted octanol–water partition coefficient (Wildman–Crippen LogP) is 2.55. The highest BCUT2D eigenvalue weighted by molar-refractivity contribution is 8.00. The van der Waals surface area contributed by atoms with Crippen molar-refractivity contribution in [3.8, 4) is 0 Å². The highest BCUT2D eigenvalue weighted by atomic mass is 32.2. The van der Waals surface area contributed by atoms with Gasteiger partial charge in [-0.1, -0.05) is 17.8 Å². The molecular weight excluding hydrogens is 272 g/mol. The zero-order valence-electron chi connectivity index (χ0n) is 12.0. The van der Waals surface area contributed by atoms with Crippen LogP contribution in [-0.4, -0.2) is 25.9 Å². The standard InChI is InChI=1S/C14H18N4OS/c1-9-5-6-12(7-10(9)2)16-13(19)11(3)20-14-17-15-8-18(14)4/h5-8,11H,1-4H3,(H,16,19). The third-order valence-corrected chi connectivity index (χ3v) is 4.24. The lowest BCUT2D eigenvalue weighted by molar-refractivity contribution is -0.115. The molecule has 0 spiro atoms. The molecule has 1 heterocycles. The molecule has 1 N–H and O–H groups in total. The van der Waals surface area contributed by atoms with E-state index in [2.05, 4.69) is 15.5 Å². The van der Waals surface area contributed by atoms with E-state index < -0.39 is 0 Å². The van der Waals surface area contributed by atoms with Crippen molar-refractivity contribution < 1.29 is 4.79 Å². The van der Waals surface area contributed by atoms with Crippen molar-refractivity contribution in [1.29, 1.82) is 0 Å². The quantitative estimate of drug-likeness (QED) is 0.879. The fraction of sp³-hybridized carbons (Fsp3) is 0.357. The second kappa shape index (κ2) is 6.09. The normalized spacial score (nSPS) is 12.2. The molecule has 0 fully saturated rings. The molecule has 0 aliphatic carbocycles. The molecule has 2 rings (SSSR count). The van der Waals surface area contributed by atoms with Crippen LogP contribution >= 0.6 is 11.8 Å². The van der Waals surface area contributed by atoms with E-state index in [0.29, 0.717) is 0 Å². The number of carbonyl (C=O) groups excluding carboxylic acids is 1. The average molecular weight is 290 g/mol. The third kappa shape index (κ3) is 3.39. The summed E-state index contributed by atoms with van der Waals surface area (Å²) in [5, 5.41) is 11.2. The van der Waals surface area contributed by atoms with Gasteiger partial charge in [0.05, 0.1) is 5.25 Å². The smallest absolute Gasteiger partial charge is 0.237 e. The first-order chi connectivity index (χ1) is 9.47. The third-order valence-electron chi connectivity index (χ3n) is 3.10. The van der Waals surface area contributed by atoms with Gasteiger partial charge >= 0.3 is 0 Å². The van der Waals surface area contributed by atoms with Crippen molar-refractivity contribution in [3.05, 3.63) is 35.7 Å². The molecule has 1 aromatic carbocycles. The minimum Gasteiger partial charge on any atom is -0.325 e. The number of nitrogens with zero attached hydrogens (tertiary/aromatic N) is 3. The molecule has 1 amide bonds. The number of anilines is 1. The van der Waals surface area contributed by atoms with Crippen LogP contribution in [0.1, 0.15) is 18.1 Å². The highest BCUT2D eigenvalue weighted by Gasteiger charge is 2.17. The zero-order chi connectivity index (χ0) is 14.7. The summed E-state index contributed by atoms with van der Waals surface area (Å²) in [6.45, 7) is 5.94. The van der Waals surface area contributed by atoms with Crippen LogP contribution in [0.15, 0.2) is 29.7 Å². The SMILES string of the molecule is Cc1ccc(NC(=O)C(C)Sc2nncn2C)cc1C. The number of hydrogen-bond donors (Lipinski definition) is 1. The fourth-order valence-corrected chi connectivity index (χ4v) is 2.44. The molecular formula is C14H18N4OS. The Morgan fingerprint density at radius 1 is 1.35 bits per heavy atom. The second-order valence-corrected chi connectivity index (χ2v) is 6.08. The van der Waals surface area contributed by atoms with Gasteiger partial charge in [0.15, 0.2) is 5.16 Å². The minimum absolute atomic E-state index is 0.0405. The van der Waals surface area contributed by atoms with Crippen LogP contribution in [0.2, 0.25) is 0 Å². The Labute approximate surface area is 122 Å². The molecule has 0 aliphatic heterocycles. The van der Waals surface area contributed by atoms with Gasteiger partial charge < -0.3 is 9.88 Å². The summed E-state index contributed by atoms with van der Waals surface area (Å²) in [5.74, 6) is -0.0405. The Hall–Kier alpha value is -1.82. The van der Waals surface area contributed by atoms with E-state index in [1.54, 1.807) is 10.9 Å². The number of nitrogens with one attached hydrogen (secondary N) is 1. The first-order valence-corrected chi connectivity index (χ1v) is 7.24. The summed E-state index contributed by atoms with van der Waals surface area (Å²) in [6.07, 6.45) is 1.62. The molecule has 1 unspecified atom stereocenters. The van der Waals surface area contributed by atoms with Gasteiger partial charge in [-0.2, -0.15) is 0 Å². The summed E-state index contributed by atoms with van der Waals surface area (Å²) in [5.41, 5.74) is 3.20. The van der Waals surface area contributed by atoms with Gasteiger partial charge in [-0.25, -0.2) is 0 Å². The molecule has 1 atom stereocenters. The highest BCUT2D eigenvalue weighted by Crippen LogP contribution is 2.22. The van der Waals surface area contributed by atoms with Crippen molar-refractivity contribution in [2.75, 3.05) is 5.32 Å². The molecule has 0 radical (unpaired) electrons. The Bertz CT molecular complexity index is 623. The second-order valence-electron chi connectivity index (χ2n) is 4.77. The van der Waals surface area contributed by atoms with Crippen molar-refractivity contribution in [3.63, 3.8) is 0 Å². The predicted molar refractivity (Wildman–Crippen MR) is 80.9 cm³/mol. The first-order valence-electron chi connectivity index (χ1n) is 6.36. The van der Waals surface area contributed by atoms with Crippen molar-refractivity contribution in [2.45, 2.75) is 31.2 Å². The number of benzene rings is 1. The summed E-state index contributed by atoms with van der Waals surface area (Å²) in [6, 6.07) is 5.90. The van der Waals surface area contributed by atoms with Gasteiger partial charge in [0.2, 0.25) is 5.91 Å². The lowest BCUT2D eigenvalue weighted by Crippen LogP contribution is -2.22. The van der Waals surface area contributed by atoms with E-state index in [1.807, 2.05) is 46.0 Å². The van der Waals surface area contributed by atoms with E-state index >= 15 is 0 Å². The molecule has 0 bridgehead atoms. The summed E-state index contributed by atoms with van der Waals surface area (Å²) < 4.78 is 1.80. The molecule has 20 heavy (non-hydrogen) atoms. The topological polar surface area (TPSA) is 59.8 Å². The van der Waals surface area contributed by atoms with Crippen LogP contribution < -0.4 is 5.32 Å². The van der Waals surface area contributed by atoms with E-state index in [1.165, 1.54) is 17.3 Å². The van der Waals surface area contributed by atoms with E-state index in [0.717, 1.165) is 16.4 Å². The van der Waals surface area contributed by atoms with Crippen LogP contribution in [0, 0.1) is 13.8 Å². The monoisotopic (exact) mass is 290 g/mol. The zero-order valence-corrected chi connectivity index (χ0v) is 12.9. The van der Waals surface area contributed by atoms with Gasteiger partial charge in [0.25, 0.3) is 0 Å². The van der Waals surface area contributed by atoms with E-state index in [-0.39, 0.29) is 11.2 Å². The molecule has 0 saturated heterocycles. The van der Waals surface area contributed by atoms with Crippen LogP contribution in [0.4, 0.5) is 5.69 Å². The van der Waals surface area contributed by atoms with Gasteiger partial charge in [0.1, 0.15) is 6.33 Å². The number of hydrogen-bond acceptors (Lipinski definition) is 4. The Morgan fingerprint density at radius 3 is 2.70 bits per heavy atom. The summed E-state index contributed by atoms with van der Waals surface area (Å²) in [4.78, 5) is 12.2. The Balaban J connectivity index is 2.00. The number of thioether (sulfide) groups is 1. The molecule has 0 saturated carbocycles. The molecule has 1 aromatic heterocycles. The fourth-order valence-electron chi connectivity index (χ4n) is 1.65. The van der Waals surface area contributed by atoms with Crippen LogP contribution in [-0.2, 0) is 11.8 Å². The van der Waals surface area contributed by atoms with Crippen molar-refractivity contribution >= 4 is 23.4 Å². The number of aromatic nitrogens is 3. The van der Waals surface area contributed by atoms with E-state index in [4.69, 9.17) is 0 Å². The lowest BCUT2D eigenvalue weighted by atomic mass is 10.1. The maximum atomic E-state index is 12.2. The molecule has 5 nitrogen and oxygen atoms in total. The Kier molecular flexibility index (Phi) is 4.44. The number of aryl methyl sites for hydroxylation is 3. The first kappa shape index (κ1) is 14.6. The largest absolute Gasteiger partial charge is 0.325 e. The molecule has 6 heteroatoms. The summed E-state index contributed by atoms with van der Waals surface area (Å²) >= 11 is 1.39. The lowest BCUT2D eigenvalue weighted by Gasteiger charge is -2.12. The van der Waals surface area contributed by atoms with E-state index in [9.17, 15) is 4.79 Å². The number of amides is 1.